The first-order chi connectivity index (χ1) is 8.36. The van der Waals surface area contributed by atoms with E-state index >= 15 is 0 Å². The molecule has 0 spiro atoms. The third kappa shape index (κ3) is 1.54. The molecule has 0 atom stereocenters. The molecule has 0 aliphatic heterocycles. The van der Waals surface area contributed by atoms with Crippen molar-refractivity contribution < 1.29 is 4.42 Å². The van der Waals surface area contributed by atoms with Gasteiger partial charge in [0, 0.05) is 10.9 Å². The first-order valence-corrected chi connectivity index (χ1v) is 6.24. The molecule has 1 fully saturated rings. The van der Waals surface area contributed by atoms with Gasteiger partial charge in [-0.15, -0.1) is 0 Å². The predicted molar refractivity (Wildman–Crippen MR) is 66.6 cm³/mol. The molecule has 0 bridgehead atoms. The van der Waals surface area contributed by atoms with E-state index in [-0.39, 0.29) is 5.41 Å². The molecular weight excluding hydrogens is 210 g/mol. The van der Waals surface area contributed by atoms with E-state index in [9.17, 15) is 5.26 Å². The highest BCUT2D eigenvalue weighted by Gasteiger charge is 2.36. The standard InChI is InChI=1S/C15H15NO/c16-11-15(8-4-1-5-9-15)13-10-17-14-7-3-2-6-12(13)14/h2-3,6-7,10H,1,4-5,8-9H2. The van der Waals surface area contributed by atoms with E-state index in [4.69, 9.17) is 4.42 Å². The van der Waals surface area contributed by atoms with Crippen LogP contribution in [0.2, 0.25) is 0 Å². The summed E-state index contributed by atoms with van der Waals surface area (Å²) < 4.78 is 5.58. The van der Waals surface area contributed by atoms with Crippen molar-refractivity contribution in [3.63, 3.8) is 0 Å². The van der Waals surface area contributed by atoms with Gasteiger partial charge in [0.1, 0.15) is 5.58 Å². The van der Waals surface area contributed by atoms with Crippen LogP contribution in [0.25, 0.3) is 11.0 Å². The number of nitriles is 1. The van der Waals surface area contributed by atoms with Gasteiger partial charge in [0.15, 0.2) is 0 Å². The van der Waals surface area contributed by atoms with E-state index in [1.54, 1.807) is 6.26 Å². The first-order valence-electron chi connectivity index (χ1n) is 6.24. The number of furan rings is 1. The SMILES string of the molecule is N#CC1(c2coc3ccccc23)CCCCC1. The molecule has 2 nitrogen and oxygen atoms in total. The van der Waals surface area contributed by atoms with Crippen LogP contribution in [0, 0.1) is 11.3 Å². The number of hydrogen-bond acceptors (Lipinski definition) is 2. The van der Waals surface area contributed by atoms with Crippen molar-refractivity contribution in [2.24, 2.45) is 0 Å². The van der Waals surface area contributed by atoms with E-state index < -0.39 is 0 Å². The molecule has 3 rings (SSSR count). The van der Waals surface area contributed by atoms with Gasteiger partial charge in [0.25, 0.3) is 0 Å². The topological polar surface area (TPSA) is 36.9 Å². The molecular formula is C15H15NO. The first kappa shape index (κ1) is 10.4. The van der Waals surface area contributed by atoms with E-state index in [2.05, 4.69) is 12.1 Å². The minimum atomic E-state index is -0.315. The Morgan fingerprint density at radius 2 is 1.88 bits per heavy atom. The van der Waals surface area contributed by atoms with Gasteiger partial charge >= 0.3 is 0 Å². The Morgan fingerprint density at radius 1 is 1.12 bits per heavy atom. The molecule has 1 heterocycles. The minimum Gasteiger partial charge on any atom is -0.464 e. The molecule has 0 radical (unpaired) electrons. The van der Waals surface area contributed by atoms with Crippen LogP contribution in [-0.2, 0) is 5.41 Å². The molecule has 17 heavy (non-hydrogen) atoms. The van der Waals surface area contributed by atoms with Gasteiger partial charge in [-0.1, -0.05) is 37.5 Å². The Morgan fingerprint density at radius 3 is 2.65 bits per heavy atom. The van der Waals surface area contributed by atoms with Gasteiger partial charge in [0.2, 0.25) is 0 Å². The van der Waals surface area contributed by atoms with Gasteiger partial charge in [-0.3, -0.25) is 0 Å². The van der Waals surface area contributed by atoms with Crippen LogP contribution in [0.15, 0.2) is 34.9 Å². The Labute approximate surface area is 101 Å². The van der Waals surface area contributed by atoms with Crippen molar-refractivity contribution in [3.8, 4) is 6.07 Å². The lowest BCUT2D eigenvalue weighted by Crippen LogP contribution is -2.26. The van der Waals surface area contributed by atoms with Crippen LogP contribution in [0.4, 0.5) is 0 Å². The lowest BCUT2D eigenvalue weighted by atomic mass is 9.70. The Kier molecular flexibility index (Phi) is 2.40. The van der Waals surface area contributed by atoms with E-state index in [1.165, 1.54) is 6.42 Å². The molecule has 1 saturated carbocycles. The van der Waals surface area contributed by atoms with Gasteiger partial charge in [-0.25, -0.2) is 0 Å². The number of para-hydroxylation sites is 1. The normalized spacial score (nSPS) is 19.0. The lowest BCUT2D eigenvalue weighted by Gasteiger charge is -2.29. The summed E-state index contributed by atoms with van der Waals surface area (Å²) in [5.74, 6) is 0. The summed E-state index contributed by atoms with van der Waals surface area (Å²) in [4.78, 5) is 0. The second-order valence-corrected chi connectivity index (χ2v) is 4.90. The fourth-order valence-corrected chi connectivity index (χ4v) is 2.95. The van der Waals surface area contributed by atoms with E-state index in [1.807, 2.05) is 18.2 Å². The number of fused-ring (bicyclic) bond motifs is 1. The fourth-order valence-electron chi connectivity index (χ4n) is 2.95. The average molecular weight is 225 g/mol. The van der Waals surface area contributed by atoms with Crippen molar-refractivity contribution in [2.75, 3.05) is 0 Å². The monoisotopic (exact) mass is 225 g/mol. The Balaban J connectivity index is 2.16. The summed E-state index contributed by atoms with van der Waals surface area (Å²) in [6, 6.07) is 10.6. The molecule has 1 aromatic carbocycles. The summed E-state index contributed by atoms with van der Waals surface area (Å²) >= 11 is 0. The third-order valence-electron chi connectivity index (χ3n) is 3.92. The maximum atomic E-state index is 9.58. The van der Waals surface area contributed by atoms with Crippen LogP contribution in [0.5, 0.6) is 0 Å². The number of nitrogens with zero attached hydrogens (tertiary/aromatic N) is 1. The smallest absolute Gasteiger partial charge is 0.134 e. The highest BCUT2D eigenvalue weighted by atomic mass is 16.3. The lowest BCUT2D eigenvalue weighted by molar-refractivity contribution is 0.365. The summed E-state index contributed by atoms with van der Waals surface area (Å²) in [5, 5.41) is 10.7. The molecule has 1 aromatic heterocycles. The summed E-state index contributed by atoms with van der Waals surface area (Å²) in [5.41, 5.74) is 1.67. The predicted octanol–water partition coefficient (Wildman–Crippen LogP) is 4.16. The third-order valence-corrected chi connectivity index (χ3v) is 3.92. The van der Waals surface area contributed by atoms with Crippen LogP contribution < -0.4 is 0 Å². The van der Waals surface area contributed by atoms with E-state index in [0.717, 1.165) is 42.2 Å². The second kappa shape index (κ2) is 3.92. The van der Waals surface area contributed by atoms with Crippen molar-refractivity contribution in [3.05, 3.63) is 36.1 Å². The van der Waals surface area contributed by atoms with Crippen LogP contribution in [0.1, 0.15) is 37.7 Å². The molecule has 2 heteroatoms. The average Bonchev–Trinajstić information content (AvgIpc) is 2.84. The van der Waals surface area contributed by atoms with Crippen molar-refractivity contribution in [2.45, 2.75) is 37.5 Å². The molecule has 0 unspecified atom stereocenters. The van der Waals surface area contributed by atoms with Crippen LogP contribution in [-0.4, -0.2) is 0 Å². The molecule has 1 aliphatic rings. The number of hydrogen-bond donors (Lipinski definition) is 0. The van der Waals surface area contributed by atoms with Crippen molar-refractivity contribution in [1.82, 2.24) is 0 Å². The quantitative estimate of drug-likeness (QED) is 0.730. The summed E-state index contributed by atoms with van der Waals surface area (Å²) in [6.07, 6.45) is 7.26. The highest BCUT2D eigenvalue weighted by molar-refractivity contribution is 5.82. The molecule has 0 amide bonds. The minimum absolute atomic E-state index is 0.315. The fraction of sp³-hybridized carbons (Fsp3) is 0.400. The maximum absolute atomic E-state index is 9.58. The molecule has 86 valence electrons. The molecule has 2 aromatic rings. The zero-order valence-electron chi connectivity index (χ0n) is 9.78. The summed E-state index contributed by atoms with van der Waals surface area (Å²) in [6.45, 7) is 0. The zero-order valence-corrected chi connectivity index (χ0v) is 9.78. The van der Waals surface area contributed by atoms with Gasteiger partial charge in [-0.2, -0.15) is 5.26 Å². The number of benzene rings is 1. The summed E-state index contributed by atoms with van der Waals surface area (Å²) in [7, 11) is 0. The Hall–Kier alpha value is -1.75. The highest BCUT2D eigenvalue weighted by Crippen LogP contribution is 2.42. The molecule has 1 aliphatic carbocycles. The van der Waals surface area contributed by atoms with E-state index in [0.29, 0.717) is 0 Å². The number of rotatable bonds is 1. The van der Waals surface area contributed by atoms with Crippen molar-refractivity contribution >= 4 is 11.0 Å². The second-order valence-electron chi connectivity index (χ2n) is 4.90. The largest absolute Gasteiger partial charge is 0.464 e. The van der Waals surface area contributed by atoms with Crippen molar-refractivity contribution in [1.29, 1.82) is 5.26 Å². The van der Waals surface area contributed by atoms with Crippen LogP contribution in [0.3, 0.4) is 0 Å². The zero-order chi connectivity index (χ0) is 11.7. The molecule has 0 N–H and O–H groups in total. The molecule has 0 saturated heterocycles. The van der Waals surface area contributed by atoms with Gasteiger partial charge in [0.05, 0.1) is 17.7 Å². The van der Waals surface area contributed by atoms with Gasteiger partial charge in [-0.05, 0) is 18.9 Å². The Bertz CT molecular complexity index is 570. The van der Waals surface area contributed by atoms with Gasteiger partial charge < -0.3 is 4.42 Å². The maximum Gasteiger partial charge on any atom is 0.134 e. The van der Waals surface area contributed by atoms with Crippen LogP contribution >= 0.6 is 0 Å².